The number of carbonyl (C=O) groups excluding carboxylic acids is 1. The summed E-state index contributed by atoms with van der Waals surface area (Å²) in [6, 6.07) is 11.8. The molecule has 1 amide bonds. The second-order valence-corrected chi connectivity index (χ2v) is 6.38. The van der Waals surface area contributed by atoms with Crippen molar-refractivity contribution in [2.45, 2.75) is 0 Å². The lowest BCUT2D eigenvalue weighted by Crippen LogP contribution is -2.25. The molecule has 0 saturated carbocycles. The van der Waals surface area contributed by atoms with E-state index in [1.165, 1.54) is 6.21 Å². The maximum absolute atomic E-state index is 11.8. The van der Waals surface area contributed by atoms with Crippen LogP contribution in [0.2, 0.25) is 10.0 Å². The van der Waals surface area contributed by atoms with E-state index in [4.69, 9.17) is 37.9 Å². The number of hydrogen-bond donors (Lipinski definition) is 1. The quantitative estimate of drug-likeness (QED) is 0.609. The lowest BCUT2D eigenvalue weighted by atomic mass is 10.1. The molecule has 2 aromatic carbocycles. The number of rotatable bonds is 5. The molecule has 1 aliphatic heterocycles. The highest BCUT2D eigenvalue weighted by Gasteiger charge is 2.15. The standard InChI is InChI=1S/C19H13Cl2N3O3/c20-15-6-14-5-13(10-27-19(14)17(21)7-15)9-23-24-18(25)11-26-16-3-1-12(8-22)2-4-16/h1-7,9H,10-11H2,(H,24,25)/b23-9+. The average molecular weight is 402 g/mol. The third kappa shape index (κ3) is 5.00. The van der Waals surface area contributed by atoms with Crippen molar-refractivity contribution < 1.29 is 14.3 Å². The van der Waals surface area contributed by atoms with Crippen LogP contribution in [0.1, 0.15) is 11.1 Å². The predicted octanol–water partition coefficient (Wildman–Crippen LogP) is 3.82. The summed E-state index contributed by atoms with van der Waals surface area (Å²) in [7, 11) is 0. The molecule has 0 saturated heterocycles. The van der Waals surface area contributed by atoms with Gasteiger partial charge in [0, 0.05) is 16.2 Å². The van der Waals surface area contributed by atoms with Crippen LogP contribution in [0.15, 0.2) is 47.1 Å². The zero-order chi connectivity index (χ0) is 19.2. The first-order valence-electron chi connectivity index (χ1n) is 7.82. The van der Waals surface area contributed by atoms with Crippen molar-refractivity contribution in [2.24, 2.45) is 5.10 Å². The third-order valence-electron chi connectivity index (χ3n) is 3.53. The minimum atomic E-state index is -0.417. The van der Waals surface area contributed by atoms with Crippen LogP contribution in [0.25, 0.3) is 6.08 Å². The Morgan fingerprint density at radius 3 is 2.85 bits per heavy atom. The summed E-state index contributed by atoms with van der Waals surface area (Å²) in [5.41, 5.74) is 4.38. The van der Waals surface area contributed by atoms with E-state index in [2.05, 4.69) is 10.5 Å². The van der Waals surface area contributed by atoms with Crippen LogP contribution in [0.5, 0.6) is 11.5 Å². The smallest absolute Gasteiger partial charge is 0.277 e. The van der Waals surface area contributed by atoms with Gasteiger partial charge in [0.15, 0.2) is 6.61 Å². The summed E-state index contributed by atoms with van der Waals surface area (Å²) in [6.45, 7) is 0.0717. The van der Waals surface area contributed by atoms with Gasteiger partial charge in [0.05, 0.1) is 22.9 Å². The molecule has 3 rings (SSSR count). The van der Waals surface area contributed by atoms with E-state index < -0.39 is 5.91 Å². The second-order valence-electron chi connectivity index (χ2n) is 5.53. The highest BCUT2D eigenvalue weighted by atomic mass is 35.5. The molecule has 0 aliphatic carbocycles. The number of fused-ring (bicyclic) bond motifs is 1. The Bertz CT molecular complexity index is 963. The van der Waals surface area contributed by atoms with Gasteiger partial charge in [-0.2, -0.15) is 10.4 Å². The van der Waals surface area contributed by atoms with Gasteiger partial charge in [-0.3, -0.25) is 4.79 Å². The van der Waals surface area contributed by atoms with E-state index >= 15 is 0 Å². The van der Waals surface area contributed by atoms with Gasteiger partial charge in [-0.05, 0) is 42.5 Å². The molecule has 0 radical (unpaired) electrons. The summed E-state index contributed by atoms with van der Waals surface area (Å²) in [6.07, 6.45) is 3.32. The van der Waals surface area contributed by atoms with E-state index in [9.17, 15) is 4.79 Å². The molecule has 1 N–H and O–H groups in total. The molecule has 0 aromatic heterocycles. The van der Waals surface area contributed by atoms with Gasteiger partial charge in [0.2, 0.25) is 0 Å². The van der Waals surface area contributed by atoms with E-state index in [-0.39, 0.29) is 13.2 Å². The number of nitrogens with zero attached hydrogens (tertiary/aromatic N) is 2. The van der Waals surface area contributed by atoms with Crippen LogP contribution >= 0.6 is 23.2 Å². The molecule has 1 aliphatic rings. The van der Waals surface area contributed by atoms with Crippen molar-refractivity contribution in [1.29, 1.82) is 5.26 Å². The fraction of sp³-hybridized carbons (Fsp3) is 0.105. The minimum absolute atomic E-state index is 0.202. The lowest BCUT2D eigenvalue weighted by Gasteiger charge is -2.17. The molecule has 27 heavy (non-hydrogen) atoms. The largest absolute Gasteiger partial charge is 0.487 e. The highest BCUT2D eigenvalue weighted by molar-refractivity contribution is 6.36. The Morgan fingerprint density at radius 1 is 1.33 bits per heavy atom. The summed E-state index contributed by atoms with van der Waals surface area (Å²) in [5, 5.41) is 13.6. The van der Waals surface area contributed by atoms with Gasteiger partial charge in [-0.1, -0.05) is 23.2 Å². The number of nitriles is 1. The van der Waals surface area contributed by atoms with Gasteiger partial charge in [0.25, 0.3) is 5.91 Å². The number of hydrazone groups is 1. The molecular weight excluding hydrogens is 389 g/mol. The molecule has 8 heteroatoms. The number of nitrogens with one attached hydrogen (secondary N) is 1. The zero-order valence-electron chi connectivity index (χ0n) is 13.9. The SMILES string of the molecule is N#Cc1ccc(OCC(=O)N/N=C/C2=Cc3cc(Cl)cc(Cl)c3OC2)cc1. The molecule has 0 atom stereocenters. The second kappa shape index (κ2) is 8.58. The van der Waals surface area contributed by atoms with Gasteiger partial charge in [0.1, 0.15) is 18.1 Å². The maximum Gasteiger partial charge on any atom is 0.277 e. The summed E-state index contributed by atoms with van der Waals surface area (Å²) >= 11 is 12.1. The molecule has 6 nitrogen and oxygen atoms in total. The van der Waals surface area contributed by atoms with Gasteiger partial charge in [-0.15, -0.1) is 0 Å². The number of halogens is 2. The Morgan fingerprint density at radius 2 is 2.11 bits per heavy atom. The van der Waals surface area contributed by atoms with Crippen LogP contribution in [0.3, 0.4) is 0 Å². The highest BCUT2D eigenvalue weighted by Crippen LogP contribution is 2.36. The molecule has 0 fully saturated rings. The topological polar surface area (TPSA) is 83.7 Å². The van der Waals surface area contributed by atoms with Crippen LogP contribution in [0, 0.1) is 11.3 Å². The van der Waals surface area contributed by atoms with Gasteiger partial charge in [-0.25, -0.2) is 5.43 Å². The van der Waals surface area contributed by atoms with Gasteiger partial charge >= 0.3 is 0 Å². The average Bonchev–Trinajstić information content (AvgIpc) is 2.66. The van der Waals surface area contributed by atoms with Gasteiger partial charge < -0.3 is 9.47 Å². The van der Waals surface area contributed by atoms with Crippen molar-refractivity contribution in [1.82, 2.24) is 5.43 Å². The first kappa shape index (κ1) is 18.8. The summed E-state index contributed by atoms with van der Waals surface area (Å²) in [4.78, 5) is 11.8. The molecular formula is C19H13Cl2N3O3. The molecule has 2 aromatic rings. The van der Waals surface area contributed by atoms with E-state index in [0.717, 1.165) is 11.1 Å². The van der Waals surface area contributed by atoms with E-state index in [1.807, 2.05) is 12.1 Å². The summed E-state index contributed by atoms with van der Waals surface area (Å²) in [5.74, 6) is 0.638. The van der Waals surface area contributed by atoms with Crippen LogP contribution < -0.4 is 14.9 Å². The first-order valence-corrected chi connectivity index (χ1v) is 8.58. The van der Waals surface area contributed by atoms with E-state index in [1.54, 1.807) is 36.4 Å². The van der Waals surface area contributed by atoms with Crippen molar-refractivity contribution in [3.05, 3.63) is 63.1 Å². The Kier molecular flexibility index (Phi) is 5.97. The Hall–Kier alpha value is -3.01. The van der Waals surface area contributed by atoms with E-state index in [0.29, 0.717) is 27.1 Å². The monoisotopic (exact) mass is 401 g/mol. The van der Waals surface area contributed by atoms with Crippen LogP contribution in [-0.4, -0.2) is 25.3 Å². The molecule has 136 valence electrons. The summed E-state index contributed by atoms with van der Waals surface area (Å²) < 4.78 is 10.9. The third-order valence-corrected chi connectivity index (χ3v) is 4.03. The normalized spacial score (nSPS) is 12.6. The molecule has 0 spiro atoms. The number of ether oxygens (including phenoxy) is 2. The Labute approximate surface area is 165 Å². The molecule has 1 heterocycles. The van der Waals surface area contributed by atoms with Crippen molar-refractivity contribution in [2.75, 3.05) is 13.2 Å². The predicted molar refractivity (Wildman–Crippen MR) is 103 cm³/mol. The fourth-order valence-electron chi connectivity index (χ4n) is 2.31. The first-order chi connectivity index (χ1) is 13.0. The minimum Gasteiger partial charge on any atom is -0.487 e. The molecule has 0 bridgehead atoms. The number of hydrogen-bond acceptors (Lipinski definition) is 5. The zero-order valence-corrected chi connectivity index (χ0v) is 15.4. The van der Waals surface area contributed by atoms with Crippen molar-refractivity contribution in [3.63, 3.8) is 0 Å². The number of carbonyl (C=O) groups is 1. The lowest BCUT2D eigenvalue weighted by molar-refractivity contribution is -0.123. The fourth-order valence-corrected chi connectivity index (χ4v) is 2.87. The number of benzene rings is 2. The molecule has 0 unspecified atom stereocenters. The van der Waals surface area contributed by atoms with Crippen LogP contribution in [0.4, 0.5) is 0 Å². The number of amides is 1. The Balaban J connectivity index is 1.53. The van der Waals surface area contributed by atoms with Crippen molar-refractivity contribution >= 4 is 41.4 Å². The van der Waals surface area contributed by atoms with Crippen LogP contribution in [-0.2, 0) is 4.79 Å². The maximum atomic E-state index is 11.8. The van der Waals surface area contributed by atoms with Crippen molar-refractivity contribution in [3.8, 4) is 17.6 Å².